The zero-order valence-corrected chi connectivity index (χ0v) is 15.7. The van der Waals surface area contributed by atoms with Crippen molar-refractivity contribution in [1.82, 2.24) is 24.8 Å². The summed E-state index contributed by atoms with van der Waals surface area (Å²) in [5, 5.41) is 0. The molecule has 1 aliphatic carbocycles. The van der Waals surface area contributed by atoms with E-state index >= 15 is 0 Å². The van der Waals surface area contributed by atoms with Gasteiger partial charge in [0.1, 0.15) is 5.69 Å². The molecule has 2 aromatic heterocycles. The second-order valence-corrected chi connectivity index (χ2v) is 7.89. The Hall–Kier alpha value is -2.68. The average Bonchev–Trinajstić information content (AvgIpc) is 3.38. The van der Waals surface area contributed by atoms with Crippen LogP contribution in [0.25, 0.3) is 0 Å². The van der Waals surface area contributed by atoms with E-state index in [0.717, 1.165) is 43.6 Å². The molecule has 1 amide bonds. The van der Waals surface area contributed by atoms with E-state index in [0.29, 0.717) is 44.4 Å². The maximum absolute atomic E-state index is 12.8. The van der Waals surface area contributed by atoms with Gasteiger partial charge in [0.15, 0.2) is 0 Å². The van der Waals surface area contributed by atoms with E-state index in [4.69, 9.17) is 9.72 Å². The number of morpholine rings is 1. The molecule has 2 fully saturated rings. The van der Waals surface area contributed by atoms with Crippen molar-refractivity contribution in [3.05, 3.63) is 39.8 Å². The van der Waals surface area contributed by atoms with E-state index in [2.05, 4.69) is 19.9 Å². The standard InChI is InChI=1S/C19H24N6O3/c26-16-13-2-4-19(15(13)22-18(23-16)24-6-8-28-9-7-24)3-1-5-25(11-19)17(27)14-10-20-12-21-14/h10,12H,1-9,11H2,(H,20,21)(H,22,23,26). The average molecular weight is 384 g/mol. The molecular formula is C19H24N6O3. The smallest absolute Gasteiger partial charge is 0.271 e. The van der Waals surface area contributed by atoms with Crippen LogP contribution in [0.3, 0.4) is 0 Å². The Bertz CT molecular complexity index is 934. The number of fused-ring (bicyclic) bond motifs is 2. The van der Waals surface area contributed by atoms with Crippen LogP contribution < -0.4 is 10.5 Å². The first-order valence-corrected chi connectivity index (χ1v) is 9.90. The molecule has 2 saturated heterocycles. The molecule has 0 bridgehead atoms. The number of ether oxygens (including phenoxy) is 1. The van der Waals surface area contributed by atoms with Crippen molar-refractivity contribution in [2.75, 3.05) is 44.3 Å². The van der Waals surface area contributed by atoms with Gasteiger partial charge in [-0.1, -0.05) is 0 Å². The number of nitrogens with one attached hydrogen (secondary N) is 2. The Morgan fingerprint density at radius 1 is 1.21 bits per heavy atom. The molecule has 9 heteroatoms. The third-order valence-corrected chi connectivity index (χ3v) is 6.26. The van der Waals surface area contributed by atoms with Gasteiger partial charge < -0.3 is 19.5 Å². The molecule has 148 valence electrons. The molecule has 1 unspecified atom stereocenters. The van der Waals surface area contributed by atoms with Crippen molar-refractivity contribution in [2.24, 2.45) is 0 Å². The van der Waals surface area contributed by atoms with Crippen molar-refractivity contribution >= 4 is 11.9 Å². The summed E-state index contributed by atoms with van der Waals surface area (Å²) in [4.78, 5) is 44.3. The van der Waals surface area contributed by atoms with Crippen LogP contribution in [0.4, 0.5) is 5.95 Å². The lowest BCUT2D eigenvalue weighted by atomic mass is 9.77. The summed E-state index contributed by atoms with van der Waals surface area (Å²) in [5.41, 5.74) is 1.90. The van der Waals surface area contributed by atoms with E-state index in [1.54, 1.807) is 6.20 Å². The molecular weight excluding hydrogens is 360 g/mol. The van der Waals surface area contributed by atoms with Crippen LogP contribution in [-0.4, -0.2) is 70.1 Å². The first kappa shape index (κ1) is 17.4. The summed E-state index contributed by atoms with van der Waals surface area (Å²) in [6.45, 7) is 4.03. The van der Waals surface area contributed by atoms with Crippen LogP contribution in [0.2, 0.25) is 0 Å². The summed E-state index contributed by atoms with van der Waals surface area (Å²) in [6, 6.07) is 0. The first-order chi connectivity index (χ1) is 13.7. The molecule has 9 nitrogen and oxygen atoms in total. The van der Waals surface area contributed by atoms with Gasteiger partial charge in [-0.2, -0.15) is 0 Å². The highest BCUT2D eigenvalue weighted by Gasteiger charge is 2.46. The number of carbonyl (C=O) groups excluding carboxylic acids is 1. The predicted molar refractivity (Wildman–Crippen MR) is 102 cm³/mol. The highest BCUT2D eigenvalue weighted by Crippen LogP contribution is 2.43. The van der Waals surface area contributed by atoms with Gasteiger partial charge in [-0.25, -0.2) is 9.97 Å². The van der Waals surface area contributed by atoms with E-state index in [1.165, 1.54) is 6.33 Å². The Balaban J connectivity index is 1.48. The minimum absolute atomic E-state index is 0.0386. The van der Waals surface area contributed by atoms with Gasteiger partial charge in [-0.3, -0.25) is 14.6 Å². The maximum atomic E-state index is 12.8. The van der Waals surface area contributed by atoms with Crippen LogP contribution in [0, 0.1) is 0 Å². The molecule has 4 heterocycles. The number of imidazole rings is 1. The predicted octanol–water partition coefficient (Wildman–Crippen LogP) is 0.450. The number of likely N-dealkylation sites (tertiary alicyclic amines) is 1. The van der Waals surface area contributed by atoms with E-state index in [-0.39, 0.29) is 16.9 Å². The number of aromatic nitrogens is 4. The SMILES string of the molecule is O=C(c1cnc[nH]1)N1CCCC2(CCc3c2nc(N2CCOCC2)[nH]c3=O)C1. The fraction of sp³-hybridized carbons (Fsp3) is 0.579. The number of carbonyl (C=O) groups is 1. The van der Waals surface area contributed by atoms with Crippen LogP contribution in [-0.2, 0) is 16.6 Å². The van der Waals surface area contributed by atoms with Crippen LogP contribution in [0.1, 0.15) is 41.0 Å². The second-order valence-electron chi connectivity index (χ2n) is 7.89. The number of nitrogens with zero attached hydrogens (tertiary/aromatic N) is 4. The largest absolute Gasteiger partial charge is 0.378 e. The van der Waals surface area contributed by atoms with Gasteiger partial charge in [-0.05, 0) is 25.7 Å². The third kappa shape index (κ3) is 2.81. The Kier molecular flexibility index (Phi) is 4.19. The summed E-state index contributed by atoms with van der Waals surface area (Å²) >= 11 is 0. The lowest BCUT2D eigenvalue weighted by molar-refractivity contribution is 0.0628. The lowest BCUT2D eigenvalue weighted by Crippen LogP contribution is -2.48. The van der Waals surface area contributed by atoms with Crippen molar-refractivity contribution in [2.45, 2.75) is 31.1 Å². The number of anilines is 1. The van der Waals surface area contributed by atoms with Gasteiger partial charge in [0.05, 0.1) is 31.4 Å². The molecule has 2 N–H and O–H groups in total. The normalized spacial score (nSPS) is 24.6. The molecule has 0 saturated carbocycles. The van der Waals surface area contributed by atoms with E-state index < -0.39 is 0 Å². The highest BCUT2D eigenvalue weighted by atomic mass is 16.5. The van der Waals surface area contributed by atoms with Gasteiger partial charge in [0, 0.05) is 37.2 Å². The molecule has 1 spiro atoms. The minimum atomic E-state index is -0.238. The molecule has 28 heavy (non-hydrogen) atoms. The number of hydrogen-bond acceptors (Lipinski definition) is 6. The minimum Gasteiger partial charge on any atom is -0.378 e. The Labute approximate surface area is 162 Å². The first-order valence-electron chi connectivity index (χ1n) is 9.90. The molecule has 3 aliphatic rings. The molecule has 5 rings (SSSR count). The third-order valence-electron chi connectivity index (χ3n) is 6.26. The number of piperidine rings is 1. The summed E-state index contributed by atoms with van der Waals surface area (Å²) in [7, 11) is 0. The van der Waals surface area contributed by atoms with Crippen LogP contribution in [0.5, 0.6) is 0 Å². The van der Waals surface area contributed by atoms with Crippen LogP contribution in [0.15, 0.2) is 17.3 Å². The quantitative estimate of drug-likeness (QED) is 0.779. The monoisotopic (exact) mass is 384 g/mol. The summed E-state index contributed by atoms with van der Waals surface area (Å²) in [5.74, 6) is 0.591. The van der Waals surface area contributed by atoms with Crippen LogP contribution >= 0.6 is 0 Å². The number of rotatable bonds is 2. The summed E-state index contributed by atoms with van der Waals surface area (Å²) < 4.78 is 5.42. The highest BCUT2D eigenvalue weighted by molar-refractivity contribution is 5.92. The van der Waals surface area contributed by atoms with Crippen molar-refractivity contribution in [1.29, 1.82) is 0 Å². The fourth-order valence-electron chi connectivity index (χ4n) is 4.81. The van der Waals surface area contributed by atoms with Gasteiger partial charge >= 0.3 is 0 Å². The summed E-state index contributed by atoms with van der Waals surface area (Å²) in [6.07, 6.45) is 6.51. The molecule has 1 atom stereocenters. The topological polar surface area (TPSA) is 107 Å². The maximum Gasteiger partial charge on any atom is 0.271 e. The van der Waals surface area contributed by atoms with Crippen molar-refractivity contribution < 1.29 is 9.53 Å². The Morgan fingerprint density at radius 3 is 2.86 bits per heavy atom. The number of hydrogen-bond donors (Lipinski definition) is 2. The molecule has 0 radical (unpaired) electrons. The van der Waals surface area contributed by atoms with E-state index in [9.17, 15) is 9.59 Å². The van der Waals surface area contributed by atoms with Gasteiger partial charge in [0.2, 0.25) is 5.95 Å². The second kappa shape index (κ2) is 6.73. The lowest BCUT2D eigenvalue weighted by Gasteiger charge is -2.40. The number of aromatic amines is 2. The Morgan fingerprint density at radius 2 is 2.07 bits per heavy atom. The number of amides is 1. The zero-order valence-electron chi connectivity index (χ0n) is 15.7. The van der Waals surface area contributed by atoms with Gasteiger partial charge in [0.25, 0.3) is 11.5 Å². The zero-order chi connectivity index (χ0) is 19.1. The van der Waals surface area contributed by atoms with E-state index in [1.807, 2.05) is 4.90 Å². The van der Waals surface area contributed by atoms with Crippen molar-refractivity contribution in [3.8, 4) is 0 Å². The van der Waals surface area contributed by atoms with Crippen molar-refractivity contribution in [3.63, 3.8) is 0 Å². The molecule has 0 aromatic carbocycles. The van der Waals surface area contributed by atoms with Gasteiger partial charge in [-0.15, -0.1) is 0 Å². The molecule has 2 aliphatic heterocycles. The fourth-order valence-corrected chi connectivity index (χ4v) is 4.81. The number of H-pyrrole nitrogens is 2. The molecule has 2 aromatic rings.